The summed E-state index contributed by atoms with van der Waals surface area (Å²) in [7, 11) is 0.407. The number of ether oxygens (including phenoxy) is 1. The van der Waals surface area contributed by atoms with Crippen LogP contribution in [0.15, 0.2) is 29.2 Å². The van der Waals surface area contributed by atoms with Gasteiger partial charge in [-0.2, -0.15) is 0 Å². The lowest BCUT2D eigenvalue weighted by Crippen LogP contribution is -2.34. The molecule has 0 heterocycles. The van der Waals surface area contributed by atoms with Crippen LogP contribution in [0.4, 0.5) is 0 Å². The molecular weight excluding hydrogens is 250 g/mol. The Morgan fingerprint density at radius 3 is 2.44 bits per heavy atom. The molecule has 4 nitrogen and oxygen atoms in total. The molecule has 0 aromatic heterocycles. The second-order valence-corrected chi connectivity index (χ2v) is 5.90. The van der Waals surface area contributed by atoms with E-state index in [9.17, 15) is 9.32 Å². The van der Waals surface area contributed by atoms with Gasteiger partial charge in [0, 0.05) is 17.5 Å². The van der Waals surface area contributed by atoms with E-state index in [0.717, 1.165) is 5.75 Å². The summed E-state index contributed by atoms with van der Waals surface area (Å²) in [6.45, 7) is 4.47. The average molecular weight is 271 g/mol. The van der Waals surface area contributed by atoms with Crippen LogP contribution in [0.2, 0.25) is 0 Å². The lowest BCUT2D eigenvalue weighted by atomic mass is 10.3. The number of methoxy groups -OCH3 is 1. The Hall–Kier alpha value is -0.910. The van der Waals surface area contributed by atoms with E-state index in [2.05, 4.69) is 5.32 Å². The van der Waals surface area contributed by atoms with Crippen molar-refractivity contribution in [1.29, 1.82) is 0 Å². The lowest BCUT2D eigenvalue weighted by Gasteiger charge is -2.13. The van der Waals surface area contributed by atoms with Crippen molar-refractivity contribution in [2.45, 2.75) is 30.9 Å². The summed E-state index contributed by atoms with van der Waals surface area (Å²) < 4.78 is 17.0. The first kappa shape index (κ1) is 15.1. The highest BCUT2D eigenvalue weighted by molar-refractivity contribution is 7.85. The van der Waals surface area contributed by atoms with Gasteiger partial charge in [-0.1, -0.05) is 13.8 Å². The summed E-state index contributed by atoms with van der Waals surface area (Å²) in [6, 6.07) is 7.38. The zero-order chi connectivity index (χ0) is 13.5. The minimum Gasteiger partial charge on any atom is -0.497 e. The van der Waals surface area contributed by atoms with Crippen molar-refractivity contribution in [2.75, 3.05) is 19.4 Å². The first-order chi connectivity index (χ1) is 8.52. The first-order valence-electron chi connectivity index (χ1n) is 5.96. The topological polar surface area (TPSA) is 58.6 Å². The van der Waals surface area contributed by atoms with Crippen molar-refractivity contribution in [3.05, 3.63) is 24.3 Å². The Kier molecular flexibility index (Phi) is 6.32. The summed E-state index contributed by atoms with van der Waals surface area (Å²) in [6.07, 6.45) is -0.602. The van der Waals surface area contributed by atoms with E-state index in [-0.39, 0.29) is 5.75 Å². The van der Waals surface area contributed by atoms with Gasteiger partial charge in [0.15, 0.2) is 0 Å². The number of hydrogen-bond acceptors (Lipinski definition) is 4. The third kappa shape index (κ3) is 5.16. The van der Waals surface area contributed by atoms with Gasteiger partial charge in [-0.15, -0.1) is 0 Å². The number of aliphatic hydroxyl groups is 1. The molecule has 0 saturated carbocycles. The fourth-order valence-electron chi connectivity index (χ4n) is 1.43. The van der Waals surface area contributed by atoms with Crippen LogP contribution in [0.25, 0.3) is 0 Å². The molecule has 0 aliphatic carbocycles. The van der Waals surface area contributed by atoms with Crippen molar-refractivity contribution in [1.82, 2.24) is 5.32 Å². The highest BCUT2D eigenvalue weighted by atomic mass is 32.2. The summed E-state index contributed by atoms with van der Waals surface area (Å²) in [5.41, 5.74) is 0. The molecule has 0 aliphatic heterocycles. The molecule has 0 fully saturated rings. The molecule has 5 heteroatoms. The Balaban J connectivity index is 2.48. The standard InChI is InChI=1S/C13H21NO3S/c1-10(2)14-8-11(15)9-18(16)13-6-4-12(17-3)5-7-13/h4-7,10-11,14-15H,8-9H2,1-3H3. The van der Waals surface area contributed by atoms with Crippen LogP contribution < -0.4 is 10.1 Å². The van der Waals surface area contributed by atoms with Crippen molar-refractivity contribution >= 4 is 10.8 Å². The third-order valence-corrected chi connectivity index (χ3v) is 3.91. The van der Waals surface area contributed by atoms with E-state index < -0.39 is 16.9 Å². The lowest BCUT2D eigenvalue weighted by molar-refractivity contribution is 0.191. The van der Waals surface area contributed by atoms with E-state index in [0.29, 0.717) is 17.5 Å². The van der Waals surface area contributed by atoms with Crippen LogP contribution in [0.1, 0.15) is 13.8 Å². The molecule has 1 aromatic rings. The first-order valence-corrected chi connectivity index (χ1v) is 7.28. The maximum Gasteiger partial charge on any atom is 0.118 e. The van der Waals surface area contributed by atoms with Crippen LogP contribution in [0.5, 0.6) is 5.75 Å². The Labute approximate surface area is 111 Å². The largest absolute Gasteiger partial charge is 0.497 e. The highest BCUT2D eigenvalue weighted by Gasteiger charge is 2.11. The van der Waals surface area contributed by atoms with Crippen LogP contribution in [0.3, 0.4) is 0 Å². The van der Waals surface area contributed by atoms with Crippen LogP contribution >= 0.6 is 0 Å². The van der Waals surface area contributed by atoms with Gasteiger partial charge in [-0.3, -0.25) is 4.21 Å². The molecule has 1 aromatic carbocycles. The molecule has 18 heavy (non-hydrogen) atoms. The molecule has 0 amide bonds. The number of aliphatic hydroxyl groups excluding tert-OH is 1. The van der Waals surface area contributed by atoms with E-state index in [1.165, 1.54) is 0 Å². The van der Waals surface area contributed by atoms with E-state index in [1.54, 1.807) is 31.4 Å². The minimum atomic E-state index is -1.18. The minimum absolute atomic E-state index is 0.242. The van der Waals surface area contributed by atoms with Gasteiger partial charge < -0.3 is 15.2 Å². The van der Waals surface area contributed by atoms with Crippen molar-refractivity contribution < 1.29 is 14.1 Å². The van der Waals surface area contributed by atoms with Gasteiger partial charge in [0.1, 0.15) is 5.75 Å². The quantitative estimate of drug-likeness (QED) is 0.781. The fourth-order valence-corrected chi connectivity index (χ4v) is 2.53. The monoisotopic (exact) mass is 271 g/mol. The average Bonchev–Trinajstić information content (AvgIpc) is 2.36. The summed E-state index contributed by atoms with van der Waals surface area (Å²) in [4.78, 5) is 0.708. The van der Waals surface area contributed by atoms with Gasteiger partial charge in [-0.05, 0) is 24.3 Å². The third-order valence-electron chi connectivity index (χ3n) is 2.43. The Morgan fingerprint density at radius 1 is 1.33 bits per heavy atom. The van der Waals surface area contributed by atoms with E-state index in [4.69, 9.17) is 4.74 Å². The molecule has 0 bridgehead atoms. The van der Waals surface area contributed by atoms with Gasteiger partial charge in [0.05, 0.1) is 29.8 Å². The van der Waals surface area contributed by atoms with Crippen molar-refractivity contribution in [3.8, 4) is 5.75 Å². The second kappa shape index (κ2) is 7.51. The zero-order valence-electron chi connectivity index (χ0n) is 11.1. The summed E-state index contributed by atoms with van der Waals surface area (Å²) in [5.74, 6) is 0.976. The predicted molar refractivity (Wildman–Crippen MR) is 73.4 cm³/mol. The highest BCUT2D eigenvalue weighted by Crippen LogP contribution is 2.14. The molecule has 0 spiro atoms. The molecule has 0 saturated heterocycles. The molecule has 1 rings (SSSR count). The molecule has 2 N–H and O–H groups in total. The van der Waals surface area contributed by atoms with Gasteiger partial charge >= 0.3 is 0 Å². The number of hydrogen-bond donors (Lipinski definition) is 2. The molecular formula is C13H21NO3S. The molecule has 2 unspecified atom stereocenters. The van der Waals surface area contributed by atoms with Gasteiger partial charge in [-0.25, -0.2) is 0 Å². The smallest absolute Gasteiger partial charge is 0.118 e. The van der Waals surface area contributed by atoms with Crippen molar-refractivity contribution in [3.63, 3.8) is 0 Å². The molecule has 0 aliphatic rings. The predicted octanol–water partition coefficient (Wildman–Crippen LogP) is 1.16. The van der Waals surface area contributed by atoms with E-state index in [1.807, 2.05) is 13.8 Å². The maximum atomic E-state index is 12.0. The van der Waals surface area contributed by atoms with Gasteiger partial charge in [0.2, 0.25) is 0 Å². The number of benzene rings is 1. The fraction of sp³-hybridized carbons (Fsp3) is 0.538. The SMILES string of the molecule is COc1ccc(S(=O)CC(O)CNC(C)C)cc1. The molecule has 2 atom stereocenters. The number of rotatable bonds is 7. The summed E-state index contributed by atoms with van der Waals surface area (Å²) >= 11 is 0. The second-order valence-electron chi connectivity index (χ2n) is 4.40. The van der Waals surface area contributed by atoms with Crippen LogP contribution in [-0.4, -0.2) is 40.9 Å². The summed E-state index contributed by atoms with van der Waals surface area (Å²) in [5, 5.41) is 12.9. The number of nitrogens with one attached hydrogen (secondary N) is 1. The van der Waals surface area contributed by atoms with Crippen LogP contribution in [-0.2, 0) is 10.8 Å². The van der Waals surface area contributed by atoms with Crippen molar-refractivity contribution in [2.24, 2.45) is 0 Å². The normalized spacial score (nSPS) is 14.5. The zero-order valence-corrected chi connectivity index (χ0v) is 11.9. The maximum absolute atomic E-state index is 12.0. The Bertz CT molecular complexity index is 378. The molecule has 0 radical (unpaired) electrons. The Morgan fingerprint density at radius 2 is 1.94 bits per heavy atom. The van der Waals surface area contributed by atoms with Gasteiger partial charge in [0.25, 0.3) is 0 Å². The van der Waals surface area contributed by atoms with E-state index >= 15 is 0 Å². The van der Waals surface area contributed by atoms with Crippen LogP contribution in [0, 0.1) is 0 Å². The molecule has 102 valence electrons.